The maximum Gasteiger partial charge on any atom is 0.418 e. The molecule has 0 spiro atoms. The summed E-state index contributed by atoms with van der Waals surface area (Å²) in [6.07, 6.45) is -3.84. The highest BCUT2D eigenvalue weighted by molar-refractivity contribution is 6.00. The molecule has 0 aromatic heterocycles. The Balaban J connectivity index is 3.23. The number of amides is 1. The molecule has 112 valence electrons. The van der Waals surface area contributed by atoms with Gasteiger partial charge in [-0.3, -0.25) is 4.79 Å². The van der Waals surface area contributed by atoms with Crippen LogP contribution < -0.4 is 5.73 Å². The minimum atomic E-state index is -4.56. The lowest BCUT2D eigenvalue weighted by atomic mass is 10.0. The molecular formula is C14H19F3N2O. The standard InChI is InChI=1S/C14H19F3N2O/c1-4-9(3)19(5-2)13(20)10-7-6-8-11(12(10)18)14(15,16)17/h6-9H,4-5,18H2,1-3H3. The van der Waals surface area contributed by atoms with Crippen molar-refractivity contribution in [3.05, 3.63) is 29.3 Å². The van der Waals surface area contributed by atoms with Gasteiger partial charge in [0.15, 0.2) is 0 Å². The largest absolute Gasteiger partial charge is 0.418 e. The van der Waals surface area contributed by atoms with Crippen molar-refractivity contribution < 1.29 is 18.0 Å². The molecular weight excluding hydrogens is 269 g/mol. The molecule has 1 aromatic rings. The highest BCUT2D eigenvalue weighted by Gasteiger charge is 2.35. The SMILES string of the molecule is CCC(C)N(CC)C(=O)c1cccc(C(F)(F)F)c1N. The molecule has 0 bridgehead atoms. The third kappa shape index (κ3) is 3.23. The fourth-order valence-corrected chi connectivity index (χ4v) is 2.03. The molecule has 1 rings (SSSR count). The molecule has 20 heavy (non-hydrogen) atoms. The number of hydrogen-bond donors (Lipinski definition) is 1. The number of nitrogens with two attached hydrogens (primary N) is 1. The van der Waals surface area contributed by atoms with Gasteiger partial charge in [-0.25, -0.2) is 0 Å². The van der Waals surface area contributed by atoms with Crippen LogP contribution in [0.3, 0.4) is 0 Å². The summed E-state index contributed by atoms with van der Waals surface area (Å²) in [5, 5.41) is 0. The lowest BCUT2D eigenvalue weighted by Gasteiger charge is -2.28. The number of hydrogen-bond acceptors (Lipinski definition) is 2. The van der Waals surface area contributed by atoms with Gasteiger partial charge in [0.25, 0.3) is 5.91 Å². The maximum absolute atomic E-state index is 12.8. The Bertz CT molecular complexity index is 486. The molecule has 0 saturated heterocycles. The number of rotatable bonds is 4. The number of carbonyl (C=O) groups is 1. The first-order valence-corrected chi connectivity index (χ1v) is 6.50. The third-order valence-corrected chi connectivity index (χ3v) is 3.37. The van der Waals surface area contributed by atoms with Gasteiger partial charge in [0.05, 0.1) is 16.8 Å². The first-order chi connectivity index (χ1) is 9.23. The summed E-state index contributed by atoms with van der Waals surface area (Å²) < 4.78 is 38.4. The van der Waals surface area contributed by atoms with Crippen molar-refractivity contribution in [1.29, 1.82) is 0 Å². The fourth-order valence-electron chi connectivity index (χ4n) is 2.03. The predicted molar refractivity (Wildman–Crippen MR) is 72.3 cm³/mol. The van der Waals surface area contributed by atoms with Crippen LogP contribution in [0.15, 0.2) is 18.2 Å². The summed E-state index contributed by atoms with van der Waals surface area (Å²) >= 11 is 0. The van der Waals surface area contributed by atoms with Crippen LogP contribution in [-0.4, -0.2) is 23.4 Å². The van der Waals surface area contributed by atoms with Gasteiger partial charge < -0.3 is 10.6 Å². The lowest BCUT2D eigenvalue weighted by molar-refractivity contribution is -0.136. The second-order valence-corrected chi connectivity index (χ2v) is 4.61. The molecule has 2 N–H and O–H groups in total. The van der Waals surface area contributed by atoms with E-state index in [1.165, 1.54) is 17.0 Å². The normalized spacial score (nSPS) is 13.1. The van der Waals surface area contributed by atoms with Crippen LogP contribution in [0.2, 0.25) is 0 Å². The van der Waals surface area contributed by atoms with Crippen molar-refractivity contribution in [2.45, 2.75) is 39.4 Å². The number of nitrogen functional groups attached to an aromatic ring is 1. The zero-order valence-corrected chi connectivity index (χ0v) is 11.8. The smallest absolute Gasteiger partial charge is 0.398 e. The Hall–Kier alpha value is -1.72. The summed E-state index contributed by atoms with van der Waals surface area (Å²) in [6.45, 7) is 5.97. The van der Waals surface area contributed by atoms with Crippen molar-refractivity contribution in [2.75, 3.05) is 12.3 Å². The van der Waals surface area contributed by atoms with Crippen LogP contribution in [0.4, 0.5) is 18.9 Å². The summed E-state index contributed by atoms with van der Waals surface area (Å²) in [5.74, 6) is -0.467. The van der Waals surface area contributed by atoms with E-state index < -0.39 is 23.3 Å². The van der Waals surface area contributed by atoms with Gasteiger partial charge in [0.1, 0.15) is 0 Å². The Morgan fingerprint density at radius 1 is 1.35 bits per heavy atom. The van der Waals surface area contributed by atoms with Crippen LogP contribution >= 0.6 is 0 Å². The first kappa shape index (κ1) is 16.3. The zero-order chi connectivity index (χ0) is 15.5. The van der Waals surface area contributed by atoms with Gasteiger partial charge in [-0.1, -0.05) is 13.0 Å². The van der Waals surface area contributed by atoms with Crippen LogP contribution in [-0.2, 0) is 6.18 Å². The molecule has 1 aromatic carbocycles. The van der Waals surface area contributed by atoms with Crippen molar-refractivity contribution >= 4 is 11.6 Å². The van der Waals surface area contributed by atoms with Crippen LogP contribution in [0.5, 0.6) is 0 Å². The van der Waals surface area contributed by atoms with E-state index in [4.69, 9.17) is 5.73 Å². The van der Waals surface area contributed by atoms with Crippen molar-refractivity contribution in [2.24, 2.45) is 0 Å². The maximum atomic E-state index is 12.8. The topological polar surface area (TPSA) is 46.3 Å². The van der Waals surface area contributed by atoms with E-state index in [-0.39, 0.29) is 11.6 Å². The minimum Gasteiger partial charge on any atom is -0.398 e. The highest BCUT2D eigenvalue weighted by Crippen LogP contribution is 2.35. The molecule has 1 amide bonds. The number of anilines is 1. The second kappa shape index (κ2) is 6.15. The number of nitrogens with zero attached hydrogens (tertiary/aromatic N) is 1. The van der Waals surface area contributed by atoms with E-state index in [0.717, 1.165) is 12.5 Å². The average Bonchev–Trinajstić information content (AvgIpc) is 2.37. The number of alkyl halides is 3. The molecule has 6 heteroatoms. The average molecular weight is 288 g/mol. The summed E-state index contributed by atoms with van der Waals surface area (Å²) in [7, 11) is 0. The molecule has 0 saturated carbocycles. The predicted octanol–water partition coefficient (Wildman–Crippen LogP) is 3.55. The van der Waals surface area contributed by atoms with E-state index in [2.05, 4.69) is 0 Å². The number of para-hydroxylation sites is 1. The molecule has 3 nitrogen and oxygen atoms in total. The van der Waals surface area contributed by atoms with Gasteiger partial charge in [0, 0.05) is 12.6 Å². The van der Waals surface area contributed by atoms with E-state index in [1.807, 2.05) is 13.8 Å². The van der Waals surface area contributed by atoms with Gasteiger partial charge >= 0.3 is 6.18 Å². The van der Waals surface area contributed by atoms with Gasteiger partial charge in [-0.05, 0) is 32.4 Å². The number of carbonyl (C=O) groups excluding carboxylic acids is 1. The third-order valence-electron chi connectivity index (χ3n) is 3.37. The molecule has 0 heterocycles. The van der Waals surface area contributed by atoms with Crippen molar-refractivity contribution in [1.82, 2.24) is 4.90 Å². The molecule has 0 radical (unpaired) electrons. The first-order valence-electron chi connectivity index (χ1n) is 6.50. The van der Waals surface area contributed by atoms with Crippen molar-refractivity contribution in [3.8, 4) is 0 Å². The Morgan fingerprint density at radius 3 is 2.40 bits per heavy atom. The Labute approximate surface area is 116 Å². The quantitative estimate of drug-likeness (QED) is 0.861. The molecule has 0 fully saturated rings. The van der Waals surface area contributed by atoms with Crippen LogP contribution in [0.25, 0.3) is 0 Å². The van der Waals surface area contributed by atoms with Crippen LogP contribution in [0, 0.1) is 0 Å². The summed E-state index contributed by atoms with van der Waals surface area (Å²) in [5.41, 5.74) is 3.97. The minimum absolute atomic E-state index is 0.0542. The van der Waals surface area contributed by atoms with E-state index >= 15 is 0 Å². The summed E-state index contributed by atoms with van der Waals surface area (Å²) in [4.78, 5) is 13.9. The van der Waals surface area contributed by atoms with Gasteiger partial charge in [-0.15, -0.1) is 0 Å². The zero-order valence-electron chi connectivity index (χ0n) is 11.8. The molecule has 0 aliphatic rings. The number of halogens is 3. The lowest BCUT2D eigenvalue weighted by Crippen LogP contribution is -2.38. The monoisotopic (exact) mass is 288 g/mol. The van der Waals surface area contributed by atoms with Crippen molar-refractivity contribution in [3.63, 3.8) is 0 Å². The van der Waals surface area contributed by atoms with Gasteiger partial charge in [-0.2, -0.15) is 13.2 Å². The highest BCUT2D eigenvalue weighted by atomic mass is 19.4. The molecule has 0 aliphatic heterocycles. The van der Waals surface area contributed by atoms with E-state index in [9.17, 15) is 18.0 Å². The van der Waals surface area contributed by atoms with Crippen LogP contribution in [0.1, 0.15) is 43.1 Å². The van der Waals surface area contributed by atoms with E-state index in [1.54, 1.807) is 6.92 Å². The van der Waals surface area contributed by atoms with E-state index in [0.29, 0.717) is 6.54 Å². The second-order valence-electron chi connectivity index (χ2n) is 4.61. The number of benzene rings is 1. The molecule has 1 unspecified atom stereocenters. The Kier molecular flexibility index (Phi) is 5.03. The Morgan fingerprint density at radius 2 is 1.95 bits per heavy atom. The van der Waals surface area contributed by atoms with Gasteiger partial charge in [0.2, 0.25) is 0 Å². The molecule has 1 atom stereocenters. The fraction of sp³-hybridized carbons (Fsp3) is 0.500. The molecule has 0 aliphatic carbocycles. The summed E-state index contributed by atoms with van der Waals surface area (Å²) in [6, 6.07) is 3.36.